The number of aromatic nitrogens is 3. The predicted molar refractivity (Wildman–Crippen MR) is 43.1 cm³/mol. The standard InChI is InChI=1S/C8H7N3O2/c1-11-5-6(9-10-11)8(12)7-3-2-4-13-7/h2-5H,1H3. The van der Waals surface area contributed by atoms with Gasteiger partial charge in [0.25, 0.3) is 0 Å². The molecule has 0 aliphatic carbocycles. The third-order valence-electron chi connectivity index (χ3n) is 1.58. The van der Waals surface area contributed by atoms with Crippen LogP contribution < -0.4 is 0 Å². The second kappa shape index (κ2) is 2.85. The first-order valence-electron chi connectivity index (χ1n) is 3.72. The zero-order valence-corrected chi connectivity index (χ0v) is 6.97. The van der Waals surface area contributed by atoms with Crippen LogP contribution in [0.1, 0.15) is 16.2 Å². The van der Waals surface area contributed by atoms with E-state index >= 15 is 0 Å². The Labute approximate surface area is 74.0 Å². The Bertz CT molecular complexity index is 416. The molecule has 0 fully saturated rings. The Balaban J connectivity index is 2.33. The van der Waals surface area contributed by atoms with Crippen LogP contribution in [0.4, 0.5) is 0 Å². The molecular formula is C8H7N3O2. The molecule has 0 aliphatic rings. The van der Waals surface area contributed by atoms with E-state index in [0.717, 1.165) is 0 Å². The summed E-state index contributed by atoms with van der Waals surface area (Å²) >= 11 is 0. The van der Waals surface area contributed by atoms with Crippen molar-refractivity contribution in [2.24, 2.45) is 7.05 Å². The minimum atomic E-state index is -0.252. The van der Waals surface area contributed by atoms with E-state index < -0.39 is 0 Å². The molecule has 2 rings (SSSR count). The van der Waals surface area contributed by atoms with E-state index in [2.05, 4.69) is 10.3 Å². The van der Waals surface area contributed by atoms with Gasteiger partial charge in [-0.15, -0.1) is 5.10 Å². The highest BCUT2D eigenvalue weighted by Gasteiger charge is 2.14. The molecule has 13 heavy (non-hydrogen) atoms. The lowest BCUT2D eigenvalue weighted by Gasteiger charge is -1.87. The van der Waals surface area contributed by atoms with Gasteiger partial charge in [-0.05, 0) is 12.1 Å². The topological polar surface area (TPSA) is 60.9 Å². The molecule has 2 heterocycles. The van der Waals surface area contributed by atoms with Crippen LogP contribution in [-0.2, 0) is 7.05 Å². The fourth-order valence-electron chi connectivity index (χ4n) is 0.985. The molecule has 0 saturated carbocycles. The van der Waals surface area contributed by atoms with Gasteiger partial charge in [0.1, 0.15) is 0 Å². The van der Waals surface area contributed by atoms with Gasteiger partial charge in [0.2, 0.25) is 5.78 Å². The lowest BCUT2D eigenvalue weighted by atomic mass is 10.2. The maximum absolute atomic E-state index is 11.5. The van der Waals surface area contributed by atoms with E-state index in [-0.39, 0.29) is 17.2 Å². The van der Waals surface area contributed by atoms with Crippen molar-refractivity contribution in [1.82, 2.24) is 15.0 Å². The number of aryl methyl sites for hydroxylation is 1. The molecule has 5 nitrogen and oxygen atoms in total. The summed E-state index contributed by atoms with van der Waals surface area (Å²) in [5, 5.41) is 7.33. The Hall–Kier alpha value is -1.91. The Morgan fingerprint density at radius 2 is 2.46 bits per heavy atom. The van der Waals surface area contributed by atoms with Crippen LogP contribution in [-0.4, -0.2) is 20.8 Å². The number of ketones is 1. The van der Waals surface area contributed by atoms with Crippen molar-refractivity contribution >= 4 is 5.78 Å². The van der Waals surface area contributed by atoms with Crippen molar-refractivity contribution in [2.75, 3.05) is 0 Å². The minimum absolute atomic E-state index is 0.252. The van der Waals surface area contributed by atoms with E-state index in [1.165, 1.54) is 10.9 Å². The quantitative estimate of drug-likeness (QED) is 0.631. The van der Waals surface area contributed by atoms with Crippen molar-refractivity contribution < 1.29 is 9.21 Å². The molecule has 0 amide bonds. The summed E-state index contributed by atoms with van der Waals surface area (Å²) in [4.78, 5) is 11.5. The van der Waals surface area contributed by atoms with Crippen LogP contribution in [0.2, 0.25) is 0 Å². The fourth-order valence-corrected chi connectivity index (χ4v) is 0.985. The molecule has 0 aromatic carbocycles. The highest BCUT2D eigenvalue weighted by molar-refractivity contribution is 6.05. The number of nitrogens with zero attached hydrogens (tertiary/aromatic N) is 3. The second-order valence-corrected chi connectivity index (χ2v) is 2.58. The van der Waals surface area contributed by atoms with Crippen LogP contribution in [0.25, 0.3) is 0 Å². The maximum atomic E-state index is 11.5. The molecule has 2 aromatic rings. The Kier molecular flexibility index (Phi) is 1.70. The molecule has 5 heteroatoms. The van der Waals surface area contributed by atoms with E-state index in [9.17, 15) is 4.79 Å². The molecule has 0 unspecified atom stereocenters. The van der Waals surface area contributed by atoms with Crippen molar-refractivity contribution in [3.8, 4) is 0 Å². The van der Waals surface area contributed by atoms with E-state index in [4.69, 9.17) is 4.42 Å². The lowest BCUT2D eigenvalue weighted by molar-refractivity contribution is 0.100. The van der Waals surface area contributed by atoms with Crippen LogP contribution in [0.5, 0.6) is 0 Å². The van der Waals surface area contributed by atoms with Gasteiger partial charge >= 0.3 is 0 Å². The minimum Gasteiger partial charge on any atom is -0.461 e. The van der Waals surface area contributed by atoms with Crippen molar-refractivity contribution in [3.63, 3.8) is 0 Å². The van der Waals surface area contributed by atoms with Gasteiger partial charge in [-0.25, -0.2) is 0 Å². The summed E-state index contributed by atoms with van der Waals surface area (Å²) in [6.45, 7) is 0. The first-order chi connectivity index (χ1) is 6.27. The summed E-state index contributed by atoms with van der Waals surface area (Å²) in [5.41, 5.74) is 0.289. The first-order valence-corrected chi connectivity index (χ1v) is 3.72. The summed E-state index contributed by atoms with van der Waals surface area (Å²) < 4.78 is 6.40. The van der Waals surface area contributed by atoms with E-state index in [1.54, 1.807) is 25.4 Å². The summed E-state index contributed by atoms with van der Waals surface area (Å²) in [5.74, 6) is 0.0265. The predicted octanol–water partition coefficient (Wildman–Crippen LogP) is 0.639. The third-order valence-corrected chi connectivity index (χ3v) is 1.58. The molecule has 0 N–H and O–H groups in total. The zero-order valence-electron chi connectivity index (χ0n) is 6.97. The van der Waals surface area contributed by atoms with Gasteiger partial charge in [-0.3, -0.25) is 9.48 Å². The highest BCUT2D eigenvalue weighted by atomic mass is 16.3. The smallest absolute Gasteiger partial charge is 0.249 e. The van der Waals surface area contributed by atoms with Crippen molar-refractivity contribution in [2.45, 2.75) is 0 Å². The van der Waals surface area contributed by atoms with Crippen LogP contribution in [0.3, 0.4) is 0 Å². The molecule has 66 valence electrons. The summed E-state index contributed by atoms with van der Waals surface area (Å²) in [6, 6.07) is 3.25. The third kappa shape index (κ3) is 1.35. The maximum Gasteiger partial charge on any atom is 0.249 e. The van der Waals surface area contributed by atoms with Crippen LogP contribution >= 0.6 is 0 Å². The molecule has 0 saturated heterocycles. The molecule has 0 bridgehead atoms. The largest absolute Gasteiger partial charge is 0.461 e. The number of hydrogen-bond acceptors (Lipinski definition) is 4. The normalized spacial score (nSPS) is 10.2. The van der Waals surface area contributed by atoms with Crippen LogP contribution in [0, 0.1) is 0 Å². The van der Waals surface area contributed by atoms with Gasteiger partial charge in [-0.1, -0.05) is 5.21 Å². The average Bonchev–Trinajstić information content (AvgIpc) is 2.72. The van der Waals surface area contributed by atoms with Crippen molar-refractivity contribution in [3.05, 3.63) is 36.0 Å². The van der Waals surface area contributed by atoms with Crippen molar-refractivity contribution in [1.29, 1.82) is 0 Å². The van der Waals surface area contributed by atoms with Crippen LogP contribution in [0.15, 0.2) is 29.0 Å². The SMILES string of the molecule is Cn1cc(C(=O)c2ccco2)nn1. The summed E-state index contributed by atoms with van der Waals surface area (Å²) in [6.07, 6.45) is 2.99. The molecule has 0 radical (unpaired) electrons. The molecular weight excluding hydrogens is 170 g/mol. The first kappa shape index (κ1) is 7.72. The van der Waals surface area contributed by atoms with Gasteiger partial charge in [0.05, 0.1) is 12.5 Å². The number of hydrogen-bond donors (Lipinski definition) is 0. The van der Waals surface area contributed by atoms with Gasteiger partial charge in [-0.2, -0.15) is 0 Å². The highest BCUT2D eigenvalue weighted by Crippen LogP contribution is 2.06. The number of carbonyl (C=O) groups excluding carboxylic acids is 1. The average molecular weight is 177 g/mol. The Morgan fingerprint density at radius 3 is 3.00 bits per heavy atom. The second-order valence-electron chi connectivity index (χ2n) is 2.58. The molecule has 0 spiro atoms. The number of furan rings is 1. The molecule has 2 aromatic heterocycles. The van der Waals surface area contributed by atoms with Gasteiger partial charge in [0, 0.05) is 7.05 Å². The fraction of sp³-hybridized carbons (Fsp3) is 0.125. The van der Waals surface area contributed by atoms with E-state index in [0.29, 0.717) is 0 Å². The lowest BCUT2D eigenvalue weighted by Crippen LogP contribution is -1.99. The number of rotatable bonds is 2. The number of carbonyl (C=O) groups is 1. The van der Waals surface area contributed by atoms with Gasteiger partial charge in [0.15, 0.2) is 11.5 Å². The van der Waals surface area contributed by atoms with Gasteiger partial charge < -0.3 is 4.42 Å². The Morgan fingerprint density at radius 1 is 1.62 bits per heavy atom. The zero-order chi connectivity index (χ0) is 9.26. The monoisotopic (exact) mass is 177 g/mol. The molecule has 0 atom stereocenters. The van der Waals surface area contributed by atoms with E-state index in [1.807, 2.05) is 0 Å². The summed E-state index contributed by atoms with van der Waals surface area (Å²) in [7, 11) is 1.70. The molecule has 0 aliphatic heterocycles.